The van der Waals surface area contributed by atoms with E-state index in [9.17, 15) is 0 Å². The minimum Gasteiger partial charge on any atom is -0.381 e. The van der Waals surface area contributed by atoms with E-state index in [1.54, 1.807) is 0 Å². The number of likely N-dealkylation sites (N-methyl/N-ethyl adjacent to an activating group) is 1. The maximum Gasteiger partial charge on any atom is 0.0810 e. The first-order chi connectivity index (χ1) is 8.74. The summed E-state index contributed by atoms with van der Waals surface area (Å²) in [6.07, 6.45) is 7.64. The lowest BCUT2D eigenvalue weighted by Gasteiger charge is -2.42. The van der Waals surface area contributed by atoms with Gasteiger partial charge in [0.1, 0.15) is 0 Å². The van der Waals surface area contributed by atoms with Crippen LogP contribution < -0.4 is 5.32 Å². The second kappa shape index (κ2) is 6.88. The second-order valence-corrected chi connectivity index (χ2v) is 6.08. The zero-order chi connectivity index (χ0) is 12.8. The molecule has 0 spiro atoms. The van der Waals surface area contributed by atoms with Crippen molar-refractivity contribution in [2.24, 2.45) is 5.92 Å². The molecule has 0 atom stereocenters. The number of rotatable bonds is 5. The average molecular weight is 255 g/mol. The summed E-state index contributed by atoms with van der Waals surface area (Å²) in [5, 5.41) is 3.51. The van der Waals surface area contributed by atoms with Crippen LogP contribution in [-0.2, 0) is 9.47 Å². The Hall–Kier alpha value is -0.120. The summed E-state index contributed by atoms with van der Waals surface area (Å²) in [5.74, 6) is 0.873. The normalized spacial score (nSPS) is 34.7. The molecule has 0 amide bonds. The molecule has 1 N–H and O–H groups in total. The van der Waals surface area contributed by atoms with Gasteiger partial charge in [-0.15, -0.1) is 0 Å². The predicted molar refractivity (Wildman–Crippen MR) is 73.8 cm³/mol. The van der Waals surface area contributed by atoms with E-state index in [1.165, 1.54) is 25.7 Å². The molecule has 2 fully saturated rings. The highest BCUT2D eigenvalue weighted by Gasteiger charge is 2.37. The summed E-state index contributed by atoms with van der Waals surface area (Å²) in [6, 6.07) is 0. The Morgan fingerprint density at radius 2 is 1.83 bits per heavy atom. The van der Waals surface area contributed by atoms with Gasteiger partial charge in [-0.25, -0.2) is 0 Å². The highest BCUT2D eigenvalue weighted by molar-refractivity contribution is 4.89. The zero-order valence-corrected chi connectivity index (χ0v) is 12.0. The monoisotopic (exact) mass is 255 g/mol. The van der Waals surface area contributed by atoms with Crippen molar-refractivity contribution in [3.63, 3.8) is 0 Å². The predicted octanol–water partition coefficient (Wildman–Crippen LogP) is 2.74. The summed E-state index contributed by atoms with van der Waals surface area (Å²) in [6.45, 7) is 8.35. The highest BCUT2D eigenvalue weighted by atomic mass is 16.5. The van der Waals surface area contributed by atoms with Gasteiger partial charge in [-0.05, 0) is 51.0 Å². The minimum absolute atomic E-state index is 0.102. The maximum atomic E-state index is 6.53. The number of hydrogen-bond donors (Lipinski definition) is 1. The Bertz CT molecular complexity index is 225. The van der Waals surface area contributed by atoms with Gasteiger partial charge < -0.3 is 14.8 Å². The van der Waals surface area contributed by atoms with Crippen LogP contribution in [0, 0.1) is 5.92 Å². The topological polar surface area (TPSA) is 30.5 Å². The fourth-order valence-electron chi connectivity index (χ4n) is 3.12. The van der Waals surface area contributed by atoms with Crippen molar-refractivity contribution in [2.75, 3.05) is 26.3 Å². The molecule has 18 heavy (non-hydrogen) atoms. The summed E-state index contributed by atoms with van der Waals surface area (Å²) in [4.78, 5) is 0. The van der Waals surface area contributed by atoms with E-state index in [0.29, 0.717) is 6.10 Å². The van der Waals surface area contributed by atoms with Gasteiger partial charge >= 0.3 is 0 Å². The van der Waals surface area contributed by atoms with Crippen molar-refractivity contribution in [1.29, 1.82) is 0 Å². The highest BCUT2D eigenvalue weighted by Crippen LogP contribution is 2.36. The lowest BCUT2D eigenvalue weighted by atomic mass is 9.79. The largest absolute Gasteiger partial charge is 0.381 e. The maximum absolute atomic E-state index is 6.53. The number of hydrogen-bond acceptors (Lipinski definition) is 3. The van der Waals surface area contributed by atoms with Crippen molar-refractivity contribution < 1.29 is 9.47 Å². The van der Waals surface area contributed by atoms with Crippen LogP contribution in [0.3, 0.4) is 0 Å². The van der Waals surface area contributed by atoms with E-state index in [0.717, 1.165) is 45.1 Å². The lowest BCUT2D eigenvalue weighted by molar-refractivity contribution is -0.142. The van der Waals surface area contributed by atoms with Crippen LogP contribution >= 0.6 is 0 Å². The van der Waals surface area contributed by atoms with Crippen molar-refractivity contribution in [3.05, 3.63) is 0 Å². The Morgan fingerprint density at radius 1 is 1.17 bits per heavy atom. The fraction of sp³-hybridized carbons (Fsp3) is 1.00. The standard InChI is InChI=1S/C15H29NO2/c1-3-16-12-15(8-4-13(2)5-9-15)18-14-6-10-17-11-7-14/h13-14,16H,3-12H2,1-2H3. The number of ether oxygens (including phenoxy) is 2. The molecule has 1 heterocycles. The molecule has 106 valence electrons. The van der Waals surface area contributed by atoms with E-state index < -0.39 is 0 Å². The molecule has 1 saturated carbocycles. The SMILES string of the molecule is CCNCC1(OC2CCOCC2)CCC(C)CC1. The Kier molecular flexibility index (Phi) is 5.46. The summed E-state index contributed by atoms with van der Waals surface area (Å²) >= 11 is 0. The van der Waals surface area contributed by atoms with Gasteiger partial charge in [0.2, 0.25) is 0 Å². The summed E-state index contributed by atoms with van der Waals surface area (Å²) < 4.78 is 12.0. The third kappa shape index (κ3) is 3.94. The summed E-state index contributed by atoms with van der Waals surface area (Å²) in [5.41, 5.74) is 0.102. The van der Waals surface area contributed by atoms with Crippen molar-refractivity contribution >= 4 is 0 Å². The van der Waals surface area contributed by atoms with Crippen LogP contribution in [0.5, 0.6) is 0 Å². The van der Waals surface area contributed by atoms with Gasteiger partial charge in [0.15, 0.2) is 0 Å². The van der Waals surface area contributed by atoms with Crippen LogP contribution in [0.1, 0.15) is 52.4 Å². The van der Waals surface area contributed by atoms with Gasteiger partial charge in [-0.2, -0.15) is 0 Å². The van der Waals surface area contributed by atoms with E-state index in [4.69, 9.17) is 9.47 Å². The molecule has 0 radical (unpaired) electrons. The molecule has 1 aliphatic heterocycles. The summed E-state index contributed by atoms with van der Waals surface area (Å²) in [7, 11) is 0. The van der Waals surface area contributed by atoms with Gasteiger partial charge in [-0.3, -0.25) is 0 Å². The Balaban J connectivity index is 1.90. The second-order valence-electron chi connectivity index (χ2n) is 6.08. The van der Waals surface area contributed by atoms with E-state index in [-0.39, 0.29) is 5.60 Å². The molecular formula is C15H29NO2. The smallest absolute Gasteiger partial charge is 0.0810 e. The van der Waals surface area contributed by atoms with E-state index in [1.807, 2.05) is 0 Å². The fourth-order valence-corrected chi connectivity index (χ4v) is 3.12. The van der Waals surface area contributed by atoms with Crippen molar-refractivity contribution in [2.45, 2.75) is 64.1 Å². The van der Waals surface area contributed by atoms with E-state index in [2.05, 4.69) is 19.2 Å². The molecular weight excluding hydrogens is 226 g/mol. The van der Waals surface area contributed by atoms with Crippen molar-refractivity contribution in [3.8, 4) is 0 Å². The van der Waals surface area contributed by atoms with Gasteiger partial charge in [0.05, 0.1) is 11.7 Å². The molecule has 3 heteroatoms. The lowest BCUT2D eigenvalue weighted by Crippen LogP contribution is -2.48. The quantitative estimate of drug-likeness (QED) is 0.819. The minimum atomic E-state index is 0.102. The Labute approximate surface area is 112 Å². The molecule has 2 rings (SSSR count). The van der Waals surface area contributed by atoms with Gasteiger partial charge in [0.25, 0.3) is 0 Å². The molecule has 1 aliphatic carbocycles. The average Bonchev–Trinajstić information content (AvgIpc) is 2.41. The molecule has 1 saturated heterocycles. The molecule has 0 bridgehead atoms. The molecule has 3 nitrogen and oxygen atoms in total. The molecule has 2 aliphatic rings. The Morgan fingerprint density at radius 3 is 2.44 bits per heavy atom. The first-order valence-electron chi connectivity index (χ1n) is 7.70. The van der Waals surface area contributed by atoms with Crippen LogP contribution in [0.2, 0.25) is 0 Å². The van der Waals surface area contributed by atoms with Crippen LogP contribution in [0.4, 0.5) is 0 Å². The molecule has 0 aromatic rings. The van der Waals surface area contributed by atoms with Gasteiger partial charge in [-0.1, -0.05) is 13.8 Å². The first kappa shape index (κ1) is 14.3. The third-order valence-corrected chi connectivity index (χ3v) is 4.47. The van der Waals surface area contributed by atoms with Crippen LogP contribution in [-0.4, -0.2) is 38.0 Å². The molecule has 0 unspecified atom stereocenters. The molecule has 0 aromatic carbocycles. The third-order valence-electron chi connectivity index (χ3n) is 4.47. The van der Waals surface area contributed by atoms with Crippen LogP contribution in [0.15, 0.2) is 0 Å². The van der Waals surface area contributed by atoms with Gasteiger partial charge in [0, 0.05) is 19.8 Å². The molecule has 0 aromatic heterocycles. The number of nitrogens with one attached hydrogen (secondary N) is 1. The first-order valence-corrected chi connectivity index (χ1v) is 7.70. The van der Waals surface area contributed by atoms with Crippen LogP contribution in [0.25, 0.3) is 0 Å². The zero-order valence-electron chi connectivity index (χ0n) is 12.0. The van der Waals surface area contributed by atoms with E-state index >= 15 is 0 Å². The van der Waals surface area contributed by atoms with Crippen molar-refractivity contribution in [1.82, 2.24) is 5.32 Å².